The predicted octanol–water partition coefficient (Wildman–Crippen LogP) is 5.79. The van der Waals surface area contributed by atoms with E-state index in [1.165, 1.54) is 0 Å². The third-order valence-electron chi connectivity index (χ3n) is 6.59. The Labute approximate surface area is 205 Å². The highest BCUT2D eigenvalue weighted by atomic mass is 19.4. The largest absolute Gasteiger partial charge is 0.391 e. The van der Waals surface area contributed by atoms with Crippen LogP contribution >= 0.6 is 0 Å². The van der Waals surface area contributed by atoms with Gasteiger partial charge in [0.05, 0.1) is 22.8 Å². The first kappa shape index (κ1) is 23.7. The van der Waals surface area contributed by atoms with Gasteiger partial charge >= 0.3 is 6.18 Å². The fourth-order valence-corrected chi connectivity index (χ4v) is 4.66. The molecule has 0 spiro atoms. The van der Waals surface area contributed by atoms with Gasteiger partial charge in [0.25, 0.3) is 5.91 Å². The average Bonchev–Trinajstić information content (AvgIpc) is 2.88. The van der Waals surface area contributed by atoms with Crippen LogP contribution in [0.5, 0.6) is 0 Å². The maximum absolute atomic E-state index is 13.1. The van der Waals surface area contributed by atoms with Crippen molar-refractivity contribution in [2.45, 2.75) is 37.9 Å². The molecule has 0 atom stereocenters. The molecule has 1 amide bonds. The van der Waals surface area contributed by atoms with Gasteiger partial charge < -0.3 is 11.1 Å². The SMILES string of the molecule is Nc1nc(-c2ccccc2)c(-c2ccc3ncccc3c2)nc1C(=O)NC1CCC(C(F)(F)F)CC1. The molecule has 1 aliphatic rings. The Kier molecular flexibility index (Phi) is 6.30. The van der Waals surface area contributed by atoms with Crippen molar-refractivity contribution in [3.8, 4) is 22.5 Å². The van der Waals surface area contributed by atoms with E-state index in [4.69, 9.17) is 5.73 Å². The molecular weight excluding hydrogens is 467 g/mol. The summed E-state index contributed by atoms with van der Waals surface area (Å²) in [6, 6.07) is 18.5. The van der Waals surface area contributed by atoms with Gasteiger partial charge in [0.1, 0.15) is 0 Å². The molecule has 0 unspecified atom stereocenters. The lowest BCUT2D eigenvalue weighted by Crippen LogP contribution is -2.40. The average molecular weight is 492 g/mol. The number of carbonyl (C=O) groups excluding carboxylic acids is 1. The van der Waals surface area contributed by atoms with Crippen LogP contribution in [0.3, 0.4) is 0 Å². The van der Waals surface area contributed by atoms with Crippen LogP contribution in [0.4, 0.5) is 19.0 Å². The number of halogens is 3. The Morgan fingerprint density at radius 3 is 2.33 bits per heavy atom. The first-order chi connectivity index (χ1) is 17.3. The van der Waals surface area contributed by atoms with Gasteiger partial charge in [0.2, 0.25) is 0 Å². The standard InChI is InChI=1S/C27H24F3N5O/c28-27(29,30)19-9-11-20(12-10-19)33-26(36)24-25(31)35-22(16-5-2-1-3-6-16)23(34-24)18-8-13-21-17(15-18)7-4-14-32-21/h1-8,13-15,19-20H,9-12H2,(H2,31,35)(H,33,36). The first-order valence-corrected chi connectivity index (χ1v) is 11.8. The lowest BCUT2D eigenvalue weighted by Gasteiger charge is -2.30. The highest BCUT2D eigenvalue weighted by molar-refractivity contribution is 5.98. The number of hydrogen-bond donors (Lipinski definition) is 2. The summed E-state index contributed by atoms with van der Waals surface area (Å²) >= 11 is 0. The van der Waals surface area contributed by atoms with E-state index in [2.05, 4.69) is 20.3 Å². The molecule has 3 N–H and O–H groups in total. The number of fused-ring (bicyclic) bond motifs is 1. The normalized spacial score (nSPS) is 18.2. The van der Waals surface area contributed by atoms with Crippen LogP contribution in [0.25, 0.3) is 33.4 Å². The maximum Gasteiger partial charge on any atom is 0.391 e. The zero-order valence-corrected chi connectivity index (χ0v) is 19.3. The van der Waals surface area contributed by atoms with Crippen LogP contribution < -0.4 is 11.1 Å². The molecule has 2 aromatic heterocycles. The van der Waals surface area contributed by atoms with E-state index in [1.54, 1.807) is 6.20 Å². The van der Waals surface area contributed by atoms with Gasteiger partial charge in [-0.2, -0.15) is 13.2 Å². The Balaban J connectivity index is 1.49. The highest BCUT2D eigenvalue weighted by Gasteiger charge is 2.41. The van der Waals surface area contributed by atoms with E-state index in [0.717, 1.165) is 22.0 Å². The second kappa shape index (κ2) is 9.56. The Bertz CT molecular complexity index is 1400. The smallest absolute Gasteiger partial charge is 0.382 e. The van der Waals surface area contributed by atoms with Crippen molar-refractivity contribution in [2.24, 2.45) is 5.92 Å². The predicted molar refractivity (Wildman–Crippen MR) is 132 cm³/mol. The third-order valence-corrected chi connectivity index (χ3v) is 6.59. The van der Waals surface area contributed by atoms with Gasteiger partial charge in [-0.15, -0.1) is 0 Å². The molecule has 0 radical (unpaired) electrons. The molecule has 4 aromatic rings. The number of benzene rings is 2. The molecule has 36 heavy (non-hydrogen) atoms. The molecule has 184 valence electrons. The van der Waals surface area contributed by atoms with Crippen LogP contribution in [-0.4, -0.2) is 33.1 Å². The third kappa shape index (κ3) is 4.86. The van der Waals surface area contributed by atoms with Gasteiger partial charge in [-0.3, -0.25) is 9.78 Å². The van der Waals surface area contributed by atoms with Crippen molar-refractivity contribution in [2.75, 3.05) is 5.73 Å². The second-order valence-electron chi connectivity index (χ2n) is 9.00. The van der Waals surface area contributed by atoms with Crippen molar-refractivity contribution in [3.05, 3.63) is 72.6 Å². The van der Waals surface area contributed by atoms with E-state index in [0.29, 0.717) is 11.4 Å². The van der Waals surface area contributed by atoms with E-state index >= 15 is 0 Å². The number of nitrogens with zero attached hydrogens (tertiary/aromatic N) is 3. The Hall–Kier alpha value is -4.01. The summed E-state index contributed by atoms with van der Waals surface area (Å²) < 4.78 is 39.0. The maximum atomic E-state index is 13.1. The molecule has 0 bridgehead atoms. The van der Waals surface area contributed by atoms with Crippen LogP contribution in [0.2, 0.25) is 0 Å². The van der Waals surface area contributed by atoms with Crippen LogP contribution in [0.15, 0.2) is 66.9 Å². The first-order valence-electron chi connectivity index (χ1n) is 11.8. The lowest BCUT2D eigenvalue weighted by atomic mass is 9.85. The summed E-state index contributed by atoms with van der Waals surface area (Å²) in [7, 11) is 0. The van der Waals surface area contributed by atoms with E-state index in [-0.39, 0.29) is 43.2 Å². The lowest BCUT2D eigenvalue weighted by molar-refractivity contribution is -0.182. The quantitative estimate of drug-likeness (QED) is 0.377. The second-order valence-corrected chi connectivity index (χ2v) is 9.00. The molecule has 2 aromatic carbocycles. The zero-order chi connectivity index (χ0) is 25.3. The minimum absolute atomic E-state index is 0.0150. The number of carbonyl (C=O) groups is 1. The van der Waals surface area contributed by atoms with Gasteiger partial charge in [-0.25, -0.2) is 9.97 Å². The van der Waals surface area contributed by atoms with Crippen molar-refractivity contribution < 1.29 is 18.0 Å². The monoisotopic (exact) mass is 491 g/mol. The molecule has 1 saturated carbocycles. The van der Waals surface area contributed by atoms with E-state index < -0.39 is 18.0 Å². The number of aromatic nitrogens is 3. The summed E-state index contributed by atoms with van der Waals surface area (Å²) in [5, 5.41) is 3.72. The number of amides is 1. The summed E-state index contributed by atoms with van der Waals surface area (Å²) in [5.74, 6) is -1.91. The Morgan fingerprint density at radius 1 is 0.889 bits per heavy atom. The van der Waals surface area contributed by atoms with Crippen molar-refractivity contribution >= 4 is 22.6 Å². The molecule has 9 heteroatoms. The molecule has 1 fully saturated rings. The summed E-state index contributed by atoms with van der Waals surface area (Å²) in [4.78, 5) is 26.7. The van der Waals surface area contributed by atoms with Gasteiger partial charge in [-0.1, -0.05) is 42.5 Å². The Morgan fingerprint density at radius 2 is 1.61 bits per heavy atom. The molecule has 2 heterocycles. The minimum atomic E-state index is -4.21. The number of rotatable bonds is 4. The molecular formula is C27H24F3N5O. The molecule has 6 nitrogen and oxygen atoms in total. The summed E-state index contributed by atoms with van der Waals surface area (Å²) in [6.07, 6.45) is -2.03. The number of nitrogen functional groups attached to an aromatic ring is 1. The summed E-state index contributed by atoms with van der Waals surface area (Å²) in [6.45, 7) is 0. The highest BCUT2D eigenvalue weighted by Crippen LogP contribution is 2.38. The van der Waals surface area contributed by atoms with Crippen LogP contribution in [-0.2, 0) is 0 Å². The number of anilines is 1. The van der Waals surface area contributed by atoms with Crippen molar-refractivity contribution in [1.29, 1.82) is 0 Å². The van der Waals surface area contributed by atoms with Gasteiger partial charge in [0, 0.05) is 28.8 Å². The number of nitrogens with two attached hydrogens (primary N) is 1. The van der Waals surface area contributed by atoms with Crippen LogP contribution in [0, 0.1) is 5.92 Å². The molecule has 0 saturated heterocycles. The fraction of sp³-hybridized carbons (Fsp3) is 0.259. The number of hydrogen-bond acceptors (Lipinski definition) is 5. The van der Waals surface area contributed by atoms with Crippen LogP contribution in [0.1, 0.15) is 36.2 Å². The summed E-state index contributed by atoms with van der Waals surface area (Å²) in [5.41, 5.74) is 9.49. The van der Waals surface area contributed by atoms with E-state index in [1.807, 2.05) is 60.7 Å². The van der Waals surface area contributed by atoms with Crippen molar-refractivity contribution in [3.63, 3.8) is 0 Å². The molecule has 5 rings (SSSR count). The molecule has 1 aliphatic carbocycles. The minimum Gasteiger partial charge on any atom is -0.382 e. The van der Waals surface area contributed by atoms with Gasteiger partial charge in [-0.05, 0) is 43.9 Å². The zero-order valence-electron chi connectivity index (χ0n) is 19.3. The number of pyridine rings is 1. The fourth-order valence-electron chi connectivity index (χ4n) is 4.66. The number of alkyl halides is 3. The molecule has 0 aliphatic heterocycles. The number of nitrogens with one attached hydrogen (secondary N) is 1. The van der Waals surface area contributed by atoms with Crippen molar-refractivity contribution in [1.82, 2.24) is 20.3 Å². The van der Waals surface area contributed by atoms with Gasteiger partial charge in [0.15, 0.2) is 11.5 Å². The topological polar surface area (TPSA) is 93.8 Å². The van der Waals surface area contributed by atoms with E-state index in [9.17, 15) is 18.0 Å².